The van der Waals surface area contributed by atoms with E-state index in [9.17, 15) is 14.4 Å². The summed E-state index contributed by atoms with van der Waals surface area (Å²) in [6, 6.07) is 5.23. The molecule has 1 aromatic carbocycles. The molecule has 1 fully saturated rings. The molecule has 0 bridgehead atoms. The monoisotopic (exact) mass is 341 g/mol. The molecule has 22 heavy (non-hydrogen) atoms. The minimum absolute atomic E-state index is 0.166. The Labute approximate surface area is 138 Å². The van der Waals surface area contributed by atoms with E-state index in [1.54, 1.807) is 24.3 Å². The van der Waals surface area contributed by atoms with E-state index in [1.807, 2.05) is 0 Å². The van der Waals surface area contributed by atoms with Crippen LogP contribution in [0.25, 0.3) is 0 Å². The molecule has 0 saturated carbocycles. The SMILES string of the molecule is O=C(CCC1NC(=O)N(c2ccc(Cl)cc2)C1=O)NCCS. The predicted octanol–water partition coefficient (Wildman–Crippen LogP) is 1.59. The number of benzene rings is 1. The molecular formula is C14H16ClN3O3S. The average molecular weight is 342 g/mol. The van der Waals surface area contributed by atoms with Crippen molar-refractivity contribution in [1.82, 2.24) is 10.6 Å². The normalized spacial score (nSPS) is 17.5. The maximum Gasteiger partial charge on any atom is 0.329 e. The number of imide groups is 1. The first-order valence-corrected chi connectivity index (χ1v) is 7.81. The van der Waals surface area contributed by atoms with Gasteiger partial charge in [-0.25, -0.2) is 9.69 Å². The van der Waals surface area contributed by atoms with E-state index in [-0.39, 0.29) is 24.7 Å². The molecule has 1 atom stereocenters. The summed E-state index contributed by atoms with van der Waals surface area (Å²) in [5.74, 6) is 0.0187. The van der Waals surface area contributed by atoms with Crippen molar-refractivity contribution in [2.45, 2.75) is 18.9 Å². The van der Waals surface area contributed by atoms with Crippen molar-refractivity contribution in [2.24, 2.45) is 0 Å². The Morgan fingerprint density at radius 3 is 2.64 bits per heavy atom. The van der Waals surface area contributed by atoms with Gasteiger partial charge in [-0.3, -0.25) is 9.59 Å². The zero-order chi connectivity index (χ0) is 16.1. The highest BCUT2D eigenvalue weighted by Crippen LogP contribution is 2.22. The molecule has 1 aliphatic heterocycles. The molecule has 2 rings (SSSR count). The maximum absolute atomic E-state index is 12.3. The van der Waals surface area contributed by atoms with Gasteiger partial charge < -0.3 is 10.6 Å². The number of carbonyl (C=O) groups excluding carboxylic acids is 3. The number of halogens is 1. The van der Waals surface area contributed by atoms with Gasteiger partial charge in [-0.1, -0.05) is 11.6 Å². The lowest BCUT2D eigenvalue weighted by atomic mass is 10.1. The lowest BCUT2D eigenvalue weighted by molar-refractivity contribution is -0.121. The molecule has 4 amide bonds. The summed E-state index contributed by atoms with van der Waals surface area (Å²) in [6.07, 6.45) is 0.423. The third-order valence-electron chi connectivity index (χ3n) is 3.20. The van der Waals surface area contributed by atoms with Gasteiger partial charge in [0.05, 0.1) is 5.69 Å². The summed E-state index contributed by atoms with van der Waals surface area (Å²) in [4.78, 5) is 36.8. The van der Waals surface area contributed by atoms with Crippen molar-refractivity contribution in [3.63, 3.8) is 0 Å². The van der Waals surface area contributed by atoms with Gasteiger partial charge in [-0.2, -0.15) is 12.6 Å². The largest absolute Gasteiger partial charge is 0.355 e. The van der Waals surface area contributed by atoms with Crippen molar-refractivity contribution < 1.29 is 14.4 Å². The van der Waals surface area contributed by atoms with E-state index in [1.165, 1.54) is 0 Å². The lowest BCUT2D eigenvalue weighted by Gasteiger charge is -2.13. The van der Waals surface area contributed by atoms with E-state index in [4.69, 9.17) is 11.6 Å². The molecule has 1 heterocycles. The lowest BCUT2D eigenvalue weighted by Crippen LogP contribution is -2.33. The predicted molar refractivity (Wildman–Crippen MR) is 87.4 cm³/mol. The zero-order valence-corrected chi connectivity index (χ0v) is 13.4. The van der Waals surface area contributed by atoms with Gasteiger partial charge in [0.2, 0.25) is 5.91 Å². The van der Waals surface area contributed by atoms with Crippen LogP contribution in [-0.4, -0.2) is 36.2 Å². The van der Waals surface area contributed by atoms with Crippen LogP contribution in [0.15, 0.2) is 24.3 Å². The average Bonchev–Trinajstić information content (AvgIpc) is 2.78. The standard InChI is InChI=1S/C14H16ClN3O3S/c15-9-1-3-10(4-2-9)18-13(20)11(17-14(18)21)5-6-12(19)16-7-8-22/h1-4,11,22H,5-8H2,(H,16,19)(H,17,21). The molecule has 0 aliphatic carbocycles. The van der Waals surface area contributed by atoms with Crippen LogP contribution in [0.4, 0.5) is 10.5 Å². The number of rotatable bonds is 6. The van der Waals surface area contributed by atoms with E-state index in [2.05, 4.69) is 23.3 Å². The number of thiol groups is 1. The van der Waals surface area contributed by atoms with E-state index in [0.29, 0.717) is 23.0 Å². The van der Waals surface area contributed by atoms with Crippen LogP contribution in [0.5, 0.6) is 0 Å². The third kappa shape index (κ3) is 3.92. The summed E-state index contributed by atoms with van der Waals surface area (Å²) in [5, 5.41) is 5.77. The minimum Gasteiger partial charge on any atom is -0.355 e. The first-order chi connectivity index (χ1) is 10.5. The number of amides is 4. The molecule has 0 radical (unpaired) electrons. The quantitative estimate of drug-likeness (QED) is 0.543. The Kier molecular flexibility index (Phi) is 5.68. The first-order valence-electron chi connectivity index (χ1n) is 6.80. The molecule has 6 nitrogen and oxygen atoms in total. The summed E-state index contributed by atoms with van der Waals surface area (Å²) < 4.78 is 0. The number of urea groups is 1. The molecular weight excluding hydrogens is 326 g/mol. The second kappa shape index (κ2) is 7.51. The van der Waals surface area contributed by atoms with Gasteiger partial charge in [0.25, 0.3) is 5.91 Å². The van der Waals surface area contributed by atoms with Crippen LogP contribution < -0.4 is 15.5 Å². The maximum atomic E-state index is 12.3. The van der Waals surface area contributed by atoms with Crippen molar-refractivity contribution in [1.29, 1.82) is 0 Å². The molecule has 1 saturated heterocycles. The molecule has 1 aromatic rings. The molecule has 2 N–H and O–H groups in total. The topological polar surface area (TPSA) is 78.5 Å². The van der Waals surface area contributed by atoms with Crippen molar-refractivity contribution in [3.8, 4) is 0 Å². The summed E-state index contributed by atoms with van der Waals surface area (Å²) in [5.41, 5.74) is 0.453. The van der Waals surface area contributed by atoms with Gasteiger partial charge >= 0.3 is 6.03 Å². The van der Waals surface area contributed by atoms with Gasteiger partial charge in [0.15, 0.2) is 0 Å². The second-order valence-electron chi connectivity index (χ2n) is 4.76. The number of hydrogen-bond acceptors (Lipinski definition) is 4. The number of nitrogens with zero attached hydrogens (tertiary/aromatic N) is 1. The molecule has 118 valence electrons. The Hall–Kier alpha value is -1.73. The summed E-state index contributed by atoms with van der Waals surface area (Å²) in [7, 11) is 0. The summed E-state index contributed by atoms with van der Waals surface area (Å²) in [6.45, 7) is 0.476. The van der Waals surface area contributed by atoms with Crippen LogP contribution in [-0.2, 0) is 9.59 Å². The summed E-state index contributed by atoms with van der Waals surface area (Å²) >= 11 is 9.79. The van der Waals surface area contributed by atoms with Crippen molar-refractivity contribution in [2.75, 3.05) is 17.2 Å². The molecule has 1 aliphatic rings. The fourth-order valence-electron chi connectivity index (χ4n) is 2.12. The number of anilines is 1. The highest BCUT2D eigenvalue weighted by Gasteiger charge is 2.38. The minimum atomic E-state index is -0.690. The number of hydrogen-bond donors (Lipinski definition) is 3. The first kappa shape index (κ1) is 16.6. The second-order valence-corrected chi connectivity index (χ2v) is 5.65. The van der Waals surface area contributed by atoms with Crippen LogP contribution in [0.1, 0.15) is 12.8 Å². The van der Waals surface area contributed by atoms with Gasteiger partial charge in [0.1, 0.15) is 6.04 Å². The fourth-order valence-corrected chi connectivity index (χ4v) is 2.36. The number of carbonyl (C=O) groups is 3. The molecule has 1 unspecified atom stereocenters. The Bertz CT molecular complexity index is 579. The van der Waals surface area contributed by atoms with Crippen LogP contribution in [0, 0.1) is 0 Å². The highest BCUT2D eigenvalue weighted by atomic mass is 35.5. The van der Waals surface area contributed by atoms with Gasteiger partial charge in [-0.15, -0.1) is 0 Å². The molecule has 0 spiro atoms. The number of nitrogens with one attached hydrogen (secondary N) is 2. The zero-order valence-electron chi connectivity index (χ0n) is 11.7. The van der Waals surface area contributed by atoms with Crippen molar-refractivity contribution >= 4 is 47.8 Å². The Balaban J connectivity index is 1.97. The van der Waals surface area contributed by atoms with Gasteiger partial charge in [0, 0.05) is 23.7 Å². The van der Waals surface area contributed by atoms with Crippen LogP contribution in [0.3, 0.4) is 0 Å². The van der Waals surface area contributed by atoms with E-state index >= 15 is 0 Å². The Morgan fingerprint density at radius 1 is 1.32 bits per heavy atom. The Morgan fingerprint density at radius 2 is 2.00 bits per heavy atom. The fraction of sp³-hybridized carbons (Fsp3) is 0.357. The van der Waals surface area contributed by atoms with Crippen LogP contribution in [0.2, 0.25) is 5.02 Å². The van der Waals surface area contributed by atoms with E-state index in [0.717, 1.165) is 4.90 Å². The third-order valence-corrected chi connectivity index (χ3v) is 3.67. The van der Waals surface area contributed by atoms with E-state index < -0.39 is 12.1 Å². The van der Waals surface area contributed by atoms with Crippen LogP contribution >= 0.6 is 24.2 Å². The van der Waals surface area contributed by atoms with Gasteiger partial charge in [-0.05, 0) is 30.7 Å². The molecule has 0 aromatic heterocycles. The highest BCUT2D eigenvalue weighted by molar-refractivity contribution is 7.80. The smallest absolute Gasteiger partial charge is 0.329 e. The van der Waals surface area contributed by atoms with Crippen molar-refractivity contribution in [3.05, 3.63) is 29.3 Å². The molecule has 8 heteroatoms.